The number of benzene rings is 1. The maximum absolute atomic E-state index is 12.8. The molecule has 1 aromatic heterocycles. The minimum atomic E-state index is -4.55. The lowest BCUT2D eigenvalue weighted by molar-refractivity contribution is -0.137. The van der Waals surface area contributed by atoms with Crippen LogP contribution >= 0.6 is 0 Å². The van der Waals surface area contributed by atoms with Crippen molar-refractivity contribution in [1.29, 1.82) is 0 Å². The van der Waals surface area contributed by atoms with Crippen LogP contribution in [-0.2, 0) is 16.6 Å². The normalized spacial score (nSPS) is 23.4. The molecule has 0 radical (unpaired) electrons. The predicted octanol–water partition coefficient (Wildman–Crippen LogP) is 2.16. The summed E-state index contributed by atoms with van der Waals surface area (Å²) in [5, 5.41) is 16.2. The number of carbonyl (C=O) groups is 2. The number of hydrogen-bond donors (Lipinski definition) is 3. The van der Waals surface area contributed by atoms with Gasteiger partial charge in [-0.25, -0.2) is 9.97 Å². The molecule has 3 N–H and O–H groups in total. The fraction of sp³-hybridized carbons (Fsp3) is 0.500. The number of amides is 2. The van der Waals surface area contributed by atoms with Gasteiger partial charge in [-0.05, 0) is 50.8 Å². The number of aromatic nitrogens is 2. The molecule has 11 heteroatoms. The second-order valence-corrected chi connectivity index (χ2v) is 9.26. The zero-order valence-corrected chi connectivity index (χ0v) is 19.3. The monoisotopic (exact) mass is 491 g/mol. The lowest BCUT2D eigenvalue weighted by Crippen LogP contribution is -2.63. The molecule has 188 valence electrons. The van der Waals surface area contributed by atoms with Crippen LogP contribution in [0.1, 0.15) is 53.0 Å². The number of aliphatic hydroxyl groups is 1. The number of halogens is 3. The molecule has 0 atom stereocenters. The van der Waals surface area contributed by atoms with E-state index in [1.165, 1.54) is 6.07 Å². The third-order valence-corrected chi connectivity index (χ3v) is 6.75. The van der Waals surface area contributed by atoms with Crippen LogP contribution in [0.25, 0.3) is 0 Å². The highest BCUT2D eigenvalue weighted by Crippen LogP contribution is 2.39. The summed E-state index contributed by atoms with van der Waals surface area (Å²) in [5.74, 6) is -0.475. The molecule has 8 nitrogen and oxygen atoms in total. The fourth-order valence-electron chi connectivity index (χ4n) is 4.65. The Morgan fingerprint density at radius 3 is 2.46 bits per heavy atom. The number of likely N-dealkylation sites (tertiary alicyclic amines) is 1. The summed E-state index contributed by atoms with van der Waals surface area (Å²) in [5.41, 5.74) is -1.25. The van der Waals surface area contributed by atoms with Crippen molar-refractivity contribution in [2.24, 2.45) is 0 Å². The van der Waals surface area contributed by atoms with Crippen molar-refractivity contribution >= 4 is 11.8 Å². The Balaban J connectivity index is 1.18. The van der Waals surface area contributed by atoms with Crippen LogP contribution in [-0.4, -0.2) is 63.5 Å². The Kier molecular flexibility index (Phi) is 7.09. The quantitative estimate of drug-likeness (QED) is 0.572. The first-order valence-electron chi connectivity index (χ1n) is 11.5. The number of hydrogen-bond acceptors (Lipinski definition) is 6. The molecule has 2 amide bonds. The van der Waals surface area contributed by atoms with E-state index in [1.807, 2.05) is 0 Å². The van der Waals surface area contributed by atoms with E-state index in [-0.39, 0.29) is 18.2 Å². The van der Waals surface area contributed by atoms with Crippen molar-refractivity contribution < 1.29 is 27.9 Å². The van der Waals surface area contributed by atoms with Gasteiger partial charge in [0.1, 0.15) is 5.82 Å². The van der Waals surface area contributed by atoms with Crippen LogP contribution in [0, 0.1) is 6.92 Å². The Morgan fingerprint density at radius 1 is 1.17 bits per heavy atom. The standard InChI is InChI=1S/C24H28F3N5O3/c1-15-28-10-18(11-29-15)23(35)7-5-20(6-8-23)32-13-19(14-32)31-21(33)12-30-22(34)16-3-2-4-17(9-16)24(25,26)27/h2-4,9-11,19-20,35H,5-8,12-14H2,1H3,(H,30,34)(H,31,33). The molecule has 0 bridgehead atoms. The van der Waals surface area contributed by atoms with Crippen LogP contribution < -0.4 is 10.6 Å². The Bertz CT molecular complexity index is 1060. The van der Waals surface area contributed by atoms with Crippen LogP contribution in [0.4, 0.5) is 13.2 Å². The van der Waals surface area contributed by atoms with Gasteiger partial charge in [-0.3, -0.25) is 14.5 Å². The summed E-state index contributed by atoms with van der Waals surface area (Å²) in [4.78, 5) is 34.9. The van der Waals surface area contributed by atoms with Crippen LogP contribution in [0.2, 0.25) is 0 Å². The largest absolute Gasteiger partial charge is 0.416 e. The molecule has 2 aliphatic rings. The minimum absolute atomic E-state index is 0.0562. The highest BCUT2D eigenvalue weighted by atomic mass is 19.4. The van der Waals surface area contributed by atoms with E-state index in [0.29, 0.717) is 37.8 Å². The van der Waals surface area contributed by atoms with Gasteiger partial charge in [-0.1, -0.05) is 6.07 Å². The van der Waals surface area contributed by atoms with Gasteiger partial charge in [0, 0.05) is 42.7 Å². The Morgan fingerprint density at radius 2 is 1.83 bits per heavy atom. The van der Waals surface area contributed by atoms with Gasteiger partial charge in [0.25, 0.3) is 5.91 Å². The van der Waals surface area contributed by atoms with E-state index < -0.39 is 29.2 Å². The average Bonchev–Trinajstić information content (AvgIpc) is 2.80. The lowest BCUT2D eigenvalue weighted by Gasteiger charge is -2.48. The highest BCUT2D eigenvalue weighted by Gasteiger charge is 2.40. The van der Waals surface area contributed by atoms with E-state index in [9.17, 15) is 27.9 Å². The molecule has 0 unspecified atom stereocenters. The van der Waals surface area contributed by atoms with Crippen molar-refractivity contribution in [2.45, 2.75) is 56.5 Å². The molecule has 1 aliphatic carbocycles. The number of nitrogens with one attached hydrogen (secondary N) is 2. The van der Waals surface area contributed by atoms with Gasteiger partial charge >= 0.3 is 6.18 Å². The molecular weight excluding hydrogens is 463 g/mol. The minimum Gasteiger partial charge on any atom is -0.385 e. The average molecular weight is 492 g/mol. The van der Waals surface area contributed by atoms with Crippen molar-refractivity contribution in [3.8, 4) is 0 Å². The van der Waals surface area contributed by atoms with E-state index in [1.54, 1.807) is 19.3 Å². The van der Waals surface area contributed by atoms with Crippen molar-refractivity contribution in [1.82, 2.24) is 25.5 Å². The molecule has 0 spiro atoms. The van der Waals surface area contributed by atoms with Gasteiger partial charge in [-0.2, -0.15) is 13.2 Å². The summed E-state index contributed by atoms with van der Waals surface area (Å²) in [6, 6.07) is 4.32. The maximum atomic E-state index is 12.8. The molecule has 35 heavy (non-hydrogen) atoms. The number of nitrogens with zero attached hydrogens (tertiary/aromatic N) is 3. The van der Waals surface area contributed by atoms with Gasteiger partial charge in [-0.15, -0.1) is 0 Å². The molecule has 1 saturated carbocycles. The highest BCUT2D eigenvalue weighted by molar-refractivity contribution is 5.96. The number of carbonyl (C=O) groups excluding carboxylic acids is 2. The first kappa shape index (κ1) is 25.1. The molecule has 1 aromatic carbocycles. The van der Waals surface area contributed by atoms with Crippen molar-refractivity contribution in [3.05, 3.63) is 59.2 Å². The predicted molar refractivity (Wildman–Crippen MR) is 120 cm³/mol. The van der Waals surface area contributed by atoms with Gasteiger partial charge < -0.3 is 15.7 Å². The summed E-state index contributed by atoms with van der Waals surface area (Å²) < 4.78 is 38.4. The fourth-order valence-corrected chi connectivity index (χ4v) is 4.65. The first-order valence-corrected chi connectivity index (χ1v) is 11.5. The molecule has 4 rings (SSSR count). The zero-order chi connectivity index (χ0) is 25.2. The summed E-state index contributed by atoms with van der Waals surface area (Å²) >= 11 is 0. The first-order chi connectivity index (χ1) is 16.5. The number of rotatable bonds is 6. The molecule has 1 aliphatic heterocycles. The molecule has 2 heterocycles. The lowest BCUT2D eigenvalue weighted by atomic mass is 9.77. The molecular formula is C24H28F3N5O3. The van der Waals surface area contributed by atoms with Gasteiger partial charge in [0.2, 0.25) is 5.91 Å². The SMILES string of the molecule is Cc1ncc(C2(O)CCC(N3CC(NC(=O)CNC(=O)c4cccc(C(F)(F)F)c4)C3)CC2)cn1. The summed E-state index contributed by atoms with van der Waals surface area (Å²) in [7, 11) is 0. The smallest absolute Gasteiger partial charge is 0.385 e. The second kappa shape index (κ2) is 9.90. The third kappa shape index (κ3) is 5.96. The number of aryl methyl sites for hydroxylation is 1. The van der Waals surface area contributed by atoms with E-state index in [0.717, 1.165) is 36.6 Å². The van der Waals surface area contributed by atoms with Crippen molar-refractivity contribution in [2.75, 3.05) is 19.6 Å². The zero-order valence-electron chi connectivity index (χ0n) is 19.3. The summed E-state index contributed by atoms with van der Waals surface area (Å²) in [6.45, 7) is 2.82. The topological polar surface area (TPSA) is 107 Å². The summed E-state index contributed by atoms with van der Waals surface area (Å²) in [6.07, 6.45) is 1.68. The molecule has 2 fully saturated rings. The molecule has 1 saturated heterocycles. The van der Waals surface area contributed by atoms with Crippen molar-refractivity contribution in [3.63, 3.8) is 0 Å². The Hall–Kier alpha value is -3.05. The third-order valence-electron chi connectivity index (χ3n) is 6.75. The van der Waals surface area contributed by atoms with Gasteiger partial charge in [0.05, 0.1) is 23.8 Å². The van der Waals surface area contributed by atoms with E-state index >= 15 is 0 Å². The van der Waals surface area contributed by atoms with Crippen LogP contribution in [0.15, 0.2) is 36.7 Å². The van der Waals surface area contributed by atoms with E-state index in [2.05, 4.69) is 25.5 Å². The van der Waals surface area contributed by atoms with Crippen LogP contribution in [0.3, 0.4) is 0 Å². The second-order valence-electron chi connectivity index (χ2n) is 9.26. The Labute approximate surface area is 200 Å². The van der Waals surface area contributed by atoms with Crippen LogP contribution in [0.5, 0.6) is 0 Å². The van der Waals surface area contributed by atoms with E-state index in [4.69, 9.17) is 0 Å². The number of alkyl halides is 3. The van der Waals surface area contributed by atoms with Gasteiger partial charge in [0.15, 0.2) is 0 Å². The molecule has 2 aromatic rings. The maximum Gasteiger partial charge on any atom is 0.416 e.